The van der Waals surface area contributed by atoms with Crippen LogP contribution in [0.2, 0.25) is 0 Å². The number of hydrogen-bond donors (Lipinski definition) is 2. The van der Waals surface area contributed by atoms with Crippen LogP contribution in [0.15, 0.2) is 24.3 Å². The molecule has 1 heterocycles. The Morgan fingerprint density at radius 3 is 2.55 bits per heavy atom. The number of para-hydroxylation sites is 1. The molecule has 1 aliphatic rings. The van der Waals surface area contributed by atoms with Gasteiger partial charge in [-0.15, -0.1) is 0 Å². The van der Waals surface area contributed by atoms with Gasteiger partial charge in [-0.2, -0.15) is 0 Å². The lowest BCUT2D eigenvalue weighted by atomic mass is 9.93. The Balaban J connectivity index is 2.00. The molecule has 1 aromatic rings. The summed E-state index contributed by atoms with van der Waals surface area (Å²) < 4.78 is 0. The molecular formula is C15H21N3O2. The smallest absolute Gasteiger partial charge is 0.255 e. The predicted octanol–water partition coefficient (Wildman–Crippen LogP) is 1.46. The van der Waals surface area contributed by atoms with Crippen molar-refractivity contribution in [3.63, 3.8) is 0 Å². The van der Waals surface area contributed by atoms with Gasteiger partial charge in [-0.3, -0.25) is 9.59 Å². The van der Waals surface area contributed by atoms with E-state index in [9.17, 15) is 9.59 Å². The molecule has 2 rings (SSSR count). The van der Waals surface area contributed by atoms with Crippen LogP contribution in [0.3, 0.4) is 0 Å². The highest BCUT2D eigenvalue weighted by Gasteiger charge is 2.25. The summed E-state index contributed by atoms with van der Waals surface area (Å²) in [6, 6.07) is 7.51. The first-order valence-electron chi connectivity index (χ1n) is 6.96. The second kappa shape index (κ2) is 6.41. The molecule has 5 heteroatoms. The molecule has 5 nitrogen and oxygen atoms in total. The van der Waals surface area contributed by atoms with Gasteiger partial charge in [0.2, 0.25) is 5.91 Å². The van der Waals surface area contributed by atoms with Crippen LogP contribution in [0, 0.1) is 5.92 Å². The number of nitrogens with one attached hydrogen (secondary N) is 1. The number of anilines is 1. The minimum Gasteiger partial charge on any atom is -0.387 e. The first kappa shape index (κ1) is 14.4. The molecule has 2 amide bonds. The zero-order valence-electron chi connectivity index (χ0n) is 11.8. The summed E-state index contributed by atoms with van der Waals surface area (Å²) in [5, 5.41) is 3.04. The van der Waals surface area contributed by atoms with Crippen molar-refractivity contribution in [3.8, 4) is 0 Å². The number of primary amides is 1. The van der Waals surface area contributed by atoms with Crippen LogP contribution in [-0.4, -0.2) is 36.9 Å². The van der Waals surface area contributed by atoms with Crippen LogP contribution in [-0.2, 0) is 4.79 Å². The van der Waals surface area contributed by atoms with E-state index in [1.807, 2.05) is 36.2 Å². The maximum atomic E-state index is 12.5. The molecule has 0 atom stereocenters. The lowest BCUT2D eigenvalue weighted by Gasteiger charge is -2.32. The van der Waals surface area contributed by atoms with E-state index in [1.54, 1.807) is 0 Å². The van der Waals surface area contributed by atoms with Crippen LogP contribution in [0.1, 0.15) is 29.6 Å². The van der Waals surface area contributed by atoms with Crippen molar-refractivity contribution >= 4 is 17.5 Å². The number of piperidine rings is 1. The Labute approximate surface area is 119 Å². The summed E-state index contributed by atoms with van der Waals surface area (Å²) in [5.74, 6) is 0.110. The van der Waals surface area contributed by atoms with Gasteiger partial charge in [-0.1, -0.05) is 12.1 Å². The molecule has 108 valence electrons. The number of nitrogens with zero attached hydrogens (tertiary/aromatic N) is 1. The third kappa shape index (κ3) is 3.29. The fraction of sp³-hybridized carbons (Fsp3) is 0.467. The Morgan fingerprint density at radius 1 is 1.30 bits per heavy atom. The summed E-state index contributed by atoms with van der Waals surface area (Å²) >= 11 is 0. The number of carbonyl (C=O) groups is 2. The monoisotopic (exact) mass is 275 g/mol. The fourth-order valence-corrected chi connectivity index (χ4v) is 2.68. The number of carbonyl (C=O) groups excluding carboxylic acids is 2. The second-order valence-electron chi connectivity index (χ2n) is 5.20. The van der Waals surface area contributed by atoms with Gasteiger partial charge < -0.3 is 16.0 Å². The molecule has 1 aliphatic heterocycles. The van der Waals surface area contributed by atoms with Gasteiger partial charge in [0.15, 0.2) is 0 Å². The number of hydrogen-bond acceptors (Lipinski definition) is 3. The Morgan fingerprint density at radius 2 is 1.95 bits per heavy atom. The standard InChI is InChI=1S/C15H21N3O2/c1-17-13-5-3-2-4-12(13)15(20)18-8-6-11(7-9-18)10-14(16)19/h2-5,11,17H,6-10H2,1H3,(H2,16,19). The predicted molar refractivity (Wildman–Crippen MR) is 78.4 cm³/mol. The molecule has 1 saturated heterocycles. The Bertz CT molecular complexity index is 494. The number of benzene rings is 1. The van der Waals surface area contributed by atoms with E-state index in [4.69, 9.17) is 5.73 Å². The van der Waals surface area contributed by atoms with Gasteiger partial charge in [0.25, 0.3) is 5.91 Å². The number of likely N-dealkylation sites (tertiary alicyclic amines) is 1. The van der Waals surface area contributed by atoms with Crippen molar-refractivity contribution in [2.45, 2.75) is 19.3 Å². The van der Waals surface area contributed by atoms with Crippen molar-refractivity contribution in [1.82, 2.24) is 4.90 Å². The van der Waals surface area contributed by atoms with E-state index in [-0.39, 0.29) is 11.8 Å². The zero-order chi connectivity index (χ0) is 14.5. The van der Waals surface area contributed by atoms with Crippen LogP contribution in [0.25, 0.3) is 0 Å². The highest BCUT2D eigenvalue weighted by molar-refractivity contribution is 5.99. The van der Waals surface area contributed by atoms with E-state index in [2.05, 4.69) is 5.32 Å². The van der Waals surface area contributed by atoms with E-state index in [1.165, 1.54) is 0 Å². The molecule has 0 bridgehead atoms. The summed E-state index contributed by atoms with van der Waals surface area (Å²) in [4.78, 5) is 25.3. The van der Waals surface area contributed by atoms with Gasteiger partial charge in [0, 0.05) is 32.2 Å². The van der Waals surface area contributed by atoms with Gasteiger partial charge >= 0.3 is 0 Å². The minimum absolute atomic E-state index is 0.0486. The molecule has 1 aromatic carbocycles. The van der Waals surface area contributed by atoms with Crippen LogP contribution in [0.5, 0.6) is 0 Å². The molecule has 0 unspecified atom stereocenters. The maximum absolute atomic E-state index is 12.5. The van der Waals surface area contributed by atoms with Gasteiger partial charge in [-0.25, -0.2) is 0 Å². The highest BCUT2D eigenvalue weighted by atomic mass is 16.2. The van der Waals surface area contributed by atoms with Crippen LogP contribution < -0.4 is 11.1 Å². The second-order valence-corrected chi connectivity index (χ2v) is 5.20. The van der Waals surface area contributed by atoms with Crippen LogP contribution in [0.4, 0.5) is 5.69 Å². The van der Waals surface area contributed by atoms with Gasteiger partial charge in [0.1, 0.15) is 0 Å². The molecule has 3 N–H and O–H groups in total. The molecule has 0 saturated carbocycles. The third-order valence-electron chi connectivity index (χ3n) is 3.82. The van der Waals surface area contributed by atoms with Crippen molar-refractivity contribution in [1.29, 1.82) is 0 Å². The molecule has 0 spiro atoms. The Hall–Kier alpha value is -2.04. The number of rotatable bonds is 4. The lowest BCUT2D eigenvalue weighted by Crippen LogP contribution is -2.39. The molecule has 0 radical (unpaired) electrons. The summed E-state index contributed by atoms with van der Waals surface area (Å²) in [6.45, 7) is 1.38. The largest absolute Gasteiger partial charge is 0.387 e. The molecular weight excluding hydrogens is 254 g/mol. The number of amides is 2. The lowest BCUT2D eigenvalue weighted by molar-refractivity contribution is -0.119. The van der Waals surface area contributed by atoms with Crippen LogP contribution >= 0.6 is 0 Å². The van der Waals surface area contributed by atoms with Crippen molar-refractivity contribution in [2.75, 3.05) is 25.5 Å². The van der Waals surface area contributed by atoms with Crippen molar-refractivity contribution in [3.05, 3.63) is 29.8 Å². The summed E-state index contributed by atoms with van der Waals surface area (Å²) in [6.07, 6.45) is 2.11. The fourth-order valence-electron chi connectivity index (χ4n) is 2.68. The summed E-state index contributed by atoms with van der Waals surface area (Å²) in [7, 11) is 1.81. The van der Waals surface area contributed by atoms with E-state index in [0.29, 0.717) is 31.0 Å². The zero-order valence-corrected chi connectivity index (χ0v) is 11.8. The van der Waals surface area contributed by atoms with E-state index >= 15 is 0 Å². The Kier molecular flexibility index (Phi) is 4.61. The first-order valence-corrected chi connectivity index (χ1v) is 6.96. The third-order valence-corrected chi connectivity index (χ3v) is 3.82. The number of nitrogens with two attached hydrogens (primary N) is 1. The maximum Gasteiger partial charge on any atom is 0.255 e. The average molecular weight is 275 g/mol. The highest BCUT2D eigenvalue weighted by Crippen LogP contribution is 2.23. The quantitative estimate of drug-likeness (QED) is 0.873. The minimum atomic E-state index is -0.254. The van der Waals surface area contributed by atoms with Gasteiger partial charge in [0.05, 0.1) is 5.56 Å². The molecule has 0 aromatic heterocycles. The van der Waals surface area contributed by atoms with Gasteiger partial charge in [-0.05, 0) is 30.9 Å². The average Bonchev–Trinajstić information content (AvgIpc) is 2.46. The molecule has 0 aliphatic carbocycles. The normalized spacial score (nSPS) is 15.9. The summed E-state index contributed by atoms with van der Waals surface area (Å²) in [5.41, 5.74) is 6.76. The topological polar surface area (TPSA) is 75.4 Å². The molecule has 20 heavy (non-hydrogen) atoms. The van der Waals surface area contributed by atoms with Crippen molar-refractivity contribution < 1.29 is 9.59 Å². The van der Waals surface area contributed by atoms with Crippen molar-refractivity contribution in [2.24, 2.45) is 11.7 Å². The van der Waals surface area contributed by atoms with E-state index < -0.39 is 0 Å². The van der Waals surface area contributed by atoms with E-state index in [0.717, 1.165) is 18.5 Å². The first-order chi connectivity index (χ1) is 9.61. The SMILES string of the molecule is CNc1ccccc1C(=O)N1CCC(CC(N)=O)CC1. The molecule has 1 fully saturated rings.